The minimum atomic E-state index is -0.441. The molecule has 7 nitrogen and oxygen atoms in total. The van der Waals surface area contributed by atoms with E-state index in [1.807, 2.05) is 17.2 Å². The molecular formula is C19H20N4O3. The lowest BCUT2D eigenvalue weighted by Crippen LogP contribution is -2.47. The van der Waals surface area contributed by atoms with Crippen LogP contribution in [0, 0.1) is 10.1 Å². The van der Waals surface area contributed by atoms with Gasteiger partial charge in [-0.1, -0.05) is 6.07 Å². The highest BCUT2D eigenvalue weighted by Gasteiger charge is 2.19. The van der Waals surface area contributed by atoms with Gasteiger partial charge in [0.05, 0.1) is 4.92 Å². The van der Waals surface area contributed by atoms with E-state index in [0.29, 0.717) is 13.1 Å². The molecule has 1 saturated heterocycles. The van der Waals surface area contributed by atoms with Crippen LogP contribution in [-0.4, -0.2) is 51.8 Å². The quantitative estimate of drug-likeness (QED) is 0.469. The summed E-state index contributed by atoms with van der Waals surface area (Å²) in [7, 11) is 0. The van der Waals surface area contributed by atoms with Crippen LogP contribution in [-0.2, 0) is 11.3 Å². The molecule has 0 unspecified atom stereocenters. The lowest BCUT2D eigenvalue weighted by atomic mass is 10.2. The summed E-state index contributed by atoms with van der Waals surface area (Å²) < 4.78 is 0. The molecule has 1 aromatic heterocycles. The van der Waals surface area contributed by atoms with Gasteiger partial charge in [0, 0.05) is 63.3 Å². The van der Waals surface area contributed by atoms with Gasteiger partial charge in [0.2, 0.25) is 5.91 Å². The monoisotopic (exact) mass is 352 g/mol. The van der Waals surface area contributed by atoms with Gasteiger partial charge >= 0.3 is 0 Å². The van der Waals surface area contributed by atoms with E-state index in [4.69, 9.17) is 0 Å². The van der Waals surface area contributed by atoms with Gasteiger partial charge in [0.15, 0.2) is 0 Å². The maximum atomic E-state index is 12.3. The van der Waals surface area contributed by atoms with Crippen LogP contribution in [0.4, 0.5) is 5.69 Å². The Bertz CT molecular complexity index is 782. The van der Waals surface area contributed by atoms with Crippen molar-refractivity contribution in [2.75, 3.05) is 26.2 Å². The van der Waals surface area contributed by atoms with Crippen molar-refractivity contribution < 1.29 is 9.72 Å². The molecule has 2 heterocycles. The summed E-state index contributed by atoms with van der Waals surface area (Å²) in [6.07, 6.45) is 6.84. The van der Waals surface area contributed by atoms with Gasteiger partial charge < -0.3 is 4.90 Å². The van der Waals surface area contributed by atoms with Crippen LogP contribution < -0.4 is 0 Å². The normalized spacial score (nSPS) is 15.3. The number of nitro groups is 1. The third-order valence-corrected chi connectivity index (χ3v) is 4.34. The van der Waals surface area contributed by atoms with Gasteiger partial charge in [0.25, 0.3) is 5.69 Å². The summed E-state index contributed by atoms with van der Waals surface area (Å²) >= 11 is 0. The minimum Gasteiger partial charge on any atom is -0.337 e. The molecule has 26 heavy (non-hydrogen) atoms. The Kier molecular flexibility index (Phi) is 5.70. The summed E-state index contributed by atoms with van der Waals surface area (Å²) in [6.45, 7) is 3.86. The number of carbonyl (C=O) groups is 1. The zero-order valence-electron chi connectivity index (χ0n) is 14.3. The third kappa shape index (κ3) is 4.73. The second-order valence-electron chi connectivity index (χ2n) is 6.14. The highest BCUT2D eigenvalue weighted by atomic mass is 16.6. The van der Waals surface area contributed by atoms with Gasteiger partial charge in [-0.05, 0) is 35.4 Å². The fraction of sp³-hybridized carbons (Fsp3) is 0.263. The molecule has 1 amide bonds. The molecule has 0 saturated carbocycles. The first-order chi connectivity index (χ1) is 12.6. The number of amides is 1. The van der Waals surface area contributed by atoms with E-state index in [9.17, 15) is 14.9 Å². The molecule has 0 radical (unpaired) electrons. The zero-order valence-corrected chi connectivity index (χ0v) is 14.3. The van der Waals surface area contributed by atoms with Crippen LogP contribution in [0.2, 0.25) is 0 Å². The van der Waals surface area contributed by atoms with E-state index in [2.05, 4.69) is 16.0 Å². The number of hydrogen-bond donors (Lipinski definition) is 0. The zero-order chi connectivity index (χ0) is 18.4. The van der Waals surface area contributed by atoms with Crippen LogP contribution >= 0.6 is 0 Å². The van der Waals surface area contributed by atoms with Crippen molar-refractivity contribution in [1.29, 1.82) is 0 Å². The Balaban J connectivity index is 1.49. The number of nitrogens with zero attached hydrogens (tertiary/aromatic N) is 4. The predicted octanol–water partition coefficient (Wildman–Crippen LogP) is 2.35. The summed E-state index contributed by atoms with van der Waals surface area (Å²) in [4.78, 5) is 30.8. The largest absolute Gasteiger partial charge is 0.337 e. The molecule has 1 aromatic carbocycles. The lowest BCUT2D eigenvalue weighted by molar-refractivity contribution is -0.384. The molecule has 7 heteroatoms. The van der Waals surface area contributed by atoms with Gasteiger partial charge in [-0.2, -0.15) is 0 Å². The Morgan fingerprint density at radius 3 is 2.50 bits per heavy atom. The molecule has 1 fully saturated rings. The molecule has 3 rings (SSSR count). The van der Waals surface area contributed by atoms with Crippen LogP contribution in [0.25, 0.3) is 6.08 Å². The smallest absolute Gasteiger partial charge is 0.269 e. The van der Waals surface area contributed by atoms with Gasteiger partial charge in [-0.15, -0.1) is 0 Å². The minimum absolute atomic E-state index is 0.0376. The van der Waals surface area contributed by atoms with E-state index >= 15 is 0 Å². The highest BCUT2D eigenvalue weighted by Crippen LogP contribution is 2.13. The second-order valence-corrected chi connectivity index (χ2v) is 6.14. The number of piperazine rings is 1. The third-order valence-electron chi connectivity index (χ3n) is 4.34. The number of aromatic nitrogens is 1. The number of hydrogen-bond acceptors (Lipinski definition) is 5. The van der Waals surface area contributed by atoms with Gasteiger partial charge in [0.1, 0.15) is 0 Å². The molecule has 0 spiro atoms. The van der Waals surface area contributed by atoms with E-state index in [1.54, 1.807) is 24.4 Å². The number of rotatable bonds is 5. The summed E-state index contributed by atoms with van der Waals surface area (Å²) in [6, 6.07) is 10.1. The molecule has 0 N–H and O–H groups in total. The number of carbonyl (C=O) groups excluding carboxylic acids is 1. The lowest BCUT2D eigenvalue weighted by Gasteiger charge is -2.34. The van der Waals surface area contributed by atoms with Crippen molar-refractivity contribution in [3.05, 3.63) is 76.1 Å². The van der Waals surface area contributed by atoms with E-state index in [0.717, 1.165) is 25.2 Å². The Hall–Kier alpha value is -3.06. The molecule has 1 aliphatic heterocycles. The molecule has 2 aromatic rings. The number of pyridine rings is 1. The van der Waals surface area contributed by atoms with Crippen LogP contribution in [0.1, 0.15) is 11.1 Å². The van der Waals surface area contributed by atoms with Crippen LogP contribution in [0.5, 0.6) is 0 Å². The van der Waals surface area contributed by atoms with E-state index < -0.39 is 4.92 Å². The Morgan fingerprint density at radius 2 is 1.88 bits per heavy atom. The maximum absolute atomic E-state index is 12.3. The molecule has 0 bridgehead atoms. The SMILES string of the molecule is O=C(/C=C/c1ccc([N+](=O)[O-])cc1)N1CCN(Cc2cccnc2)CC1. The van der Waals surface area contributed by atoms with Crippen molar-refractivity contribution in [2.24, 2.45) is 0 Å². The first-order valence-electron chi connectivity index (χ1n) is 8.44. The summed E-state index contributed by atoms with van der Waals surface area (Å²) in [5.41, 5.74) is 1.97. The predicted molar refractivity (Wildman–Crippen MR) is 98.2 cm³/mol. The Morgan fingerprint density at radius 1 is 1.15 bits per heavy atom. The Labute approximate surface area is 151 Å². The number of nitro benzene ring substituents is 1. The molecule has 1 aliphatic rings. The van der Waals surface area contributed by atoms with Crippen LogP contribution in [0.15, 0.2) is 54.9 Å². The van der Waals surface area contributed by atoms with Crippen LogP contribution in [0.3, 0.4) is 0 Å². The number of benzene rings is 1. The van der Waals surface area contributed by atoms with Crippen molar-refractivity contribution >= 4 is 17.7 Å². The summed E-state index contributed by atoms with van der Waals surface area (Å²) in [5.74, 6) is -0.0376. The highest BCUT2D eigenvalue weighted by molar-refractivity contribution is 5.91. The fourth-order valence-electron chi connectivity index (χ4n) is 2.86. The van der Waals surface area contributed by atoms with E-state index in [-0.39, 0.29) is 11.6 Å². The first kappa shape index (κ1) is 17.8. The van der Waals surface area contributed by atoms with Gasteiger partial charge in [-0.25, -0.2) is 0 Å². The van der Waals surface area contributed by atoms with Crippen molar-refractivity contribution in [3.8, 4) is 0 Å². The van der Waals surface area contributed by atoms with Crippen molar-refractivity contribution in [1.82, 2.24) is 14.8 Å². The molecule has 0 aliphatic carbocycles. The topological polar surface area (TPSA) is 79.6 Å². The average molecular weight is 352 g/mol. The average Bonchev–Trinajstić information content (AvgIpc) is 2.68. The fourth-order valence-corrected chi connectivity index (χ4v) is 2.86. The number of non-ortho nitro benzene ring substituents is 1. The van der Waals surface area contributed by atoms with Crippen molar-refractivity contribution in [3.63, 3.8) is 0 Å². The maximum Gasteiger partial charge on any atom is 0.269 e. The van der Waals surface area contributed by atoms with E-state index in [1.165, 1.54) is 23.8 Å². The second kappa shape index (κ2) is 8.35. The first-order valence-corrected chi connectivity index (χ1v) is 8.44. The molecule has 0 atom stereocenters. The van der Waals surface area contributed by atoms with Crippen molar-refractivity contribution in [2.45, 2.75) is 6.54 Å². The standard InChI is InChI=1S/C19H20N4O3/c24-19(8-5-16-3-6-18(7-4-16)23(25)26)22-12-10-21(11-13-22)15-17-2-1-9-20-14-17/h1-9,14H,10-13,15H2/b8-5+. The van der Waals surface area contributed by atoms with Gasteiger partial charge in [-0.3, -0.25) is 24.8 Å². The molecular weight excluding hydrogens is 332 g/mol. The molecule has 134 valence electrons. The summed E-state index contributed by atoms with van der Waals surface area (Å²) in [5, 5.41) is 10.6.